The van der Waals surface area contributed by atoms with Crippen molar-refractivity contribution in [3.63, 3.8) is 0 Å². The number of rotatable bonds is 2. The van der Waals surface area contributed by atoms with Gasteiger partial charge in [-0.3, -0.25) is 4.79 Å². The Morgan fingerprint density at radius 3 is 2.87 bits per heavy atom. The second kappa shape index (κ2) is 3.81. The molecule has 0 radical (unpaired) electrons. The molecule has 0 spiro atoms. The van der Waals surface area contributed by atoms with Gasteiger partial charge in [0.25, 0.3) is 6.29 Å². The first kappa shape index (κ1) is 9.83. The van der Waals surface area contributed by atoms with Crippen LogP contribution in [-0.4, -0.2) is 19.4 Å². The molecule has 1 aliphatic rings. The molecule has 0 fully saturated rings. The molecule has 0 aromatic heterocycles. The maximum Gasteiger partial charge on any atom is 0.313 e. The third kappa shape index (κ3) is 2.03. The first-order valence-electron chi connectivity index (χ1n) is 4.70. The summed E-state index contributed by atoms with van der Waals surface area (Å²) in [5.41, 5.74) is 1.09. The Hall–Kier alpha value is -1.71. The Morgan fingerprint density at radius 1 is 1.40 bits per heavy atom. The van der Waals surface area contributed by atoms with E-state index in [-0.39, 0.29) is 12.4 Å². The van der Waals surface area contributed by atoms with Crippen LogP contribution in [0.3, 0.4) is 0 Å². The van der Waals surface area contributed by atoms with Gasteiger partial charge in [-0.05, 0) is 24.6 Å². The quantitative estimate of drug-likeness (QED) is 0.693. The number of aryl methyl sites for hydroxylation is 1. The van der Waals surface area contributed by atoms with Crippen LogP contribution in [0.2, 0.25) is 0 Å². The van der Waals surface area contributed by atoms with E-state index in [0.717, 1.165) is 5.56 Å². The van der Waals surface area contributed by atoms with Gasteiger partial charge in [-0.2, -0.15) is 0 Å². The summed E-state index contributed by atoms with van der Waals surface area (Å²) in [6.07, 6.45) is -0.459. The number of carbonyl (C=O) groups excluding carboxylic acids is 1. The van der Waals surface area contributed by atoms with E-state index in [4.69, 9.17) is 9.47 Å². The van der Waals surface area contributed by atoms with E-state index in [1.54, 1.807) is 0 Å². The summed E-state index contributed by atoms with van der Waals surface area (Å²) in [5.74, 6) is 1.02. The predicted molar refractivity (Wildman–Crippen MR) is 52.9 cm³/mol. The minimum absolute atomic E-state index is 0.101. The van der Waals surface area contributed by atoms with Crippen molar-refractivity contribution in [3.05, 3.63) is 23.8 Å². The molecular weight excluding hydrogens is 196 g/mol. The van der Waals surface area contributed by atoms with Crippen LogP contribution in [0.1, 0.15) is 12.0 Å². The zero-order chi connectivity index (χ0) is 10.8. The van der Waals surface area contributed by atoms with E-state index in [2.05, 4.69) is 4.74 Å². The number of benzene rings is 1. The monoisotopic (exact) mass is 208 g/mol. The van der Waals surface area contributed by atoms with Crippen LogP contribution in [0.25, 0.3) is 0 Å². The van der Waals surface area contributed by atoms with Crippen molar-refractivity contribution in [1.82, 2.24) is 0 Å². The molecule has 1 aromatic carbocycles. The lowest BCUT2D eigenvalue weighted by molar-refractivity contribution is -0.145. The van der Waals surface area contributed by atoms with Crippen LogP contribution in [0, 0.1) is 6.92 Å². The highest BCUT2D eigenvalue weighted by Crippen LogP contribution is 2.35. The smallest absolute Gasteiger partial charge is 0.313 e. The second-order valence-corrected chi connectivity index (χ2v) is 3.40. The number of fused-ring (bicyclic) bond motifs is 1. The highest BCUT2D eigenvalue weighted by atomic mass is 16.7. The molecule has 1 atom stereocenters. The Balaban J connectivity index is 2.06. The van der Waals surface area contributed by atoms with Gasteiger partial charge in [0.05, 0.1) is 7.11 Å². The predicted octanol–water partition coefficient (Wildman–Crippen LogP) is 1.66. The minimum Gasteiger partial charge on any atom is -0.469 e. The molecule has 0 saturated carbocycles. The number of ether oxygens (including phenoxy) is 3. The molecule has 15 heavy (non-hydrogen) atoms. The molecule has 0 bridgehead atoms. The van der Waals surface area contributed by atoms with E-state index < -0.39 is 6.29 Å². The number of methoxy groups -OCH3 is 1. The Kier molecular flexibility index (Phi) is 2.49. The van der Waals surface area contributed by atoms with E-state index >= 15 is 0 Å². The van der Waals surface area contributed by atoms with E-state index in [1.807, 2.05) is 25.1 Å². The largest absolute Gasteiger partial charge is 0.469 e. The van der Waals surface area contributed by atoms with Crippen LogP contribution < -0.4 is 9.47 Å². The minimum atomic E-state index is -0.561. The number of hydrogen-bond acceptors (Lipinski definition) is 4. The van der Waals surface area contributed by atoms with Crippen LogP contribution in [0.5, 0.6) is 11.5 Å². The summed E-state index contributed by atoms with van der Waals surface area (Å²) < 4.78 is 15.4. The molecule has 0 N–H and O–H groups in total. The maximum atomic E-state index is 11.0. The lowest BCUT2D eigenvalue weighted by Crippen LogP contribution is -2.22. The van der Waals surface area contributed by atoms with Gasteiger partial charge in [0.15, 0.2) is 11.5 Å². The van der Waals surface area contributed by atoms with Crippen LogP contribution >= 0.6 is 0 Å². The van der Waals surface area contributed by atoms with Gasteiger partial charge < -0.3 is 14.2 Å². The molecule has 0 aliphatic carbocycles. The topological polar surface area (TPSA) is 44.8 Å². The fraction of sp³-hybridized carbons (Fsp3) is 0.364. The molecular formula is C11H12O4. The molecule has 1 unspecified atom stereocenters. The van der Waals surface area contributed by atoms with Crippen molar-refractivity contribution < 1.29 is 19.0 Å². The Morgan fingerprint density at radius 2 is 2.13 bits per heavy atom. The third-order valence-corrected chi connectivity index (χ3v) is 2.18. The summed E-state index contributed by atoms with van der Waals surface area (Å²) in [6, 6.07) is 5.65. The van der Waals surface area contributed by atoms with E-state index in [0.29, 0.717) is 11.5 Å². The lowest BCUT2D eigenvalue weighted by Gasteiger charge is -2.07. The molecule has 4 nitrogen and oxygen atoms in total. The van der Waals surface area contributed by atoms with Gasteiger partial charge in [0.2, 0.25) is 0 Å². The van der Waals surface area contributed by atoms with Gasteiger partial charge in [-0.1, -0.05) is 6.07 Å². The lowest BCUT2D eigenvalue weighted by atomic mass is 10.2. The SMILES string of the molecule is COC(=O)CC1Oc2ccc(C)cc2O1. The second-order valence-electron chi connectivity index (χ2n) is 3.40. The Bertz CT molecular complexity index is 386. The van der Waals surface area contributed by atoms with Crippen molar-refractivity contribution >= 4 is 5.97 Å². The fourth-order valence-corrected chi connectivity index (χ4v) is 1.41. The van der Waals surface area contributed by atoms with Gasteiger partial charge in [0.1, 0.15) is 6.42 Å². The van der Waals surface area contributed by atoms with Crippen LogP contribution in [-0.2, 0) is 9.53 Å². The van der Waals surface area contributed by atoms with Crippen molar-refractivity contribution in [2.45, 2.75) is 19.6 Å². The number of esters is 1. The maximum absolute atomic E-state index is 11.0. The van der Waals surface area contributed by atoms with Crippen LogP contribution in [0.4, 0.5) is 0 Å². The summed E-state index contributed by atoms with van der Waals surface area (Å²) in [5, 5.41) is 0. The zero-order valence-corrected chi connectivity index (χ0v) is 8.65. The molecule has 0 saturated heterocycles. The van der Waals surface area contributed by atoms with Gasteiger partial charge >= 0.3 is 5.97 Å². The molecule has 1 heterocycles. The van der Waals surface area contributed by atoms with Crippen molar-refractivity contribution in [3.8, 4) is 11.5 Å². The average Bonchev–Trinajstić information content (AvgIpc) is 2.59. The molecule has 1 aliphatic heterocycles. The third-order valence-electron chi connectivity index (χ3n) is 2.18. The Labute approximate surface area is 87.8 Å². The first-order chi connectivity index (χ1) is 7.19. The van der Waals surface area contributed by atoms with Gasteiger partial charge in [-0.15, -0.1) is 0 Å². The van der Waals surface area contributed by atoms with Crippen molar-refractivity contribution in [1.29, 1.82) is 0 Å². The average molecular weight is 208 g/mol. The summed E-state index contributed by atoms with van der Waals surface area (Å²) >= 11 is 0. The standard InChI is InChI=1S/C11H12O4/c1-7-3-4-8-9(5-7)15-11(14-8)6-10(12)13-2/h3-5,11H,6H2,1-2H3. The van der Waals surface area contributed by atoms with Crippen molar-refractivity contribution in [2.24, 2.45) is 0 Å². The molecule has 0 amide bonds. The van der Waals surface area contributed by atoms with Gasteiger partial charge in [0, 0.05) is 0 Å². The first-order valence-corrected chi connectivity index (χ1v) is 4.70. The molecule has 2 rings (SSSR count). The van der Waals surface area contributed by atoms with E-state index in [9.17, 15) is 4.79 Å². The summed E-state index contributed by atoms with van der Waals surface area (Å²) in [4.78, 5) is 11.0. The van der Waals surface area contributed by atoms with E-state index in [1.165, 1.54) is 7.11 Å². The summed E-state index contributed by atoms with van der Waals surface area (Å²) in [6.45, 7) is 1.97. The highest BCUT2D eigenvalue weighted by Gasteiger charge is 2.26. The number of carbonyl (C=O) groups is 1. The summed E-state index contributed by atoms with van der Waals surface area (Å²) in [7, 11) is 1.34. The molecule has 4 heteroatoms. The zero-order valence-electron chi connectivity index (χ0n) is 8.65. The normalized spacial score (nSPS) is 17.6. The fourth-order valence-electron chi connectivity index (χ4n) is 1.41. The highest BCUT2D eigenvalue weighted by molar-refractivity contribution is 5.69. The number of hydrogen-bond donors (Lipinski definition) is 0. The molecule has 80 valence electrons. The molecule has 1 aromatic rings. The van der Waals surface area contributed by atoms with Gasteiger partial charge in [-0.25, -0.2) is 0 Å². The van der Waals surface area contributed by atoms with Crippen LogP contribution in [0.15, 0.2) is 18.2 Å². The van der Waals surface area contributed by atoms with Crippen molar-refractivity contribution in [2.75, 3.05) is 7.11 Å².